The molecule has 2 aromatic rings. The van der Waals surface area contributed by atoms with Gasteiger partial charge in [0.2, 0.25) is 0 Å². The maximum absolute atomic E-state index is 12.5. The van der Waals surface area contributed by atoms with E-state index in [0.717, 1.165) is 17.0 Å². The Kier molecular flexibility index (Phi) is 6.28. The molecule has 2 aromatic carbocycles. The second-order valence-electron chi connectivity index (χ2n) is 5.06. The molecule has 0 atom stereocenters. The number of thioether (sulfide) groups is 1. The molecule has 0 N–H and O–H groups in total. The maximum Gasteiger partial charge on any atom is 0.251 e. The number of carbonyl (C=O) groups excluding carboxylic acids is 1. The van der Waals surface area contributed by atoms with Crippen LogP contribution >= 0.6 is 11.8 Å². The van der Waals surface area contributed by atoms with Crippen LogP contribution in [0.2, 0.25) is 0 Å². The fourth-order valence-electron chi connectivity index (χ4n) is 2.09. The van der Waals surface area contributed by atoms with E-state index in [9.17, 15) is 4.79 Å². The zero-order valence-corrected chi connectivity index (χ0v) is 13.8. The minimum Gasteiger partial charge on any atom is -0.308 e. The molecule has 0 saturated heterocycles. The molecule has 2 rings (SSSR count). The van der Waals surface area contributed by atoms with Crippen molar-refractivity contribution in [3.63, 3.8) is 0 Å². The normalized spacial score (nSPS) is 10.8. The van der Waals surface area contributed by atoms with Crippen molar-refractivity contribution in [2.24, 2.45) is 0 Å². The van der Waals surface area contributed by atoms with E-state index in [4.69, 9.17) is 0 Å². The van der Waals surface area contributed by atoms with Gasteiger partial charge in [0.1, 0.15) is 0 Å². The molecule has 3 heteroatoms. The van der Waals surface area contributed by atoms with Crippen molar-refractivity contribution >= 4 is 29.4 Å². The molecule has 1 amide bonds. The van der Waals surface area contributed by atoms with E-state index in [1.165, 1.54) is 5.56 Å². The first-order valence-corrected chi connectivity index (χ1v) is 8.70. The zero-order chi connectivity index (χ0) is 15.8. The minimum atomic E-state index is 0.0147. The number of anilines is 1. The van der Waals surface area contributed by atoms with E-state index in [1.807, 2.05) is 65.6 Å². The Labute approximate surface area is 136 Å². The largest absolute Gasteiger partial charge is 0.308 e. The number of amides is 1. The van der Waals surface area contributed by atoms with E-state index in [0.29, 0.717) is 6.54 Å². The molecule has 0 aliphatic rings. The Hall–Kier alpha value is -2.00. The number of nitrogens with zero attached hydrogens (tertiary/aromatic N) is 1. The molecule has 22 heavy (non-hydrogen) atoms. The first-order valence-electron chi connectivity index (χ1n) is 7.31. The lowest BCUT2D eigenvalue weighted by molar-refractivity contribution is -0.114. The van der Waals surface area contributed by atoms with E-state index in [1.54, 1.807) is 17.8 Å². The third-order valence-corrected chi connectivity index (χ3v) is 3.94. The van der Waals surface area contributed by atoms with Crippen molar-refractivity contribution in [3.8, 4) is 0 Å². The molecular formula is C19H21NOS. The predicted octanol–water partition coefficient (Wildman–Crippen LogP) is 4.40. The number of hydrogen-bond donors (Lipinski definition) is 0. The van der Waals surface area contributed by atoms with E-state index in [-0.39, 0.29) is 5.91 Å². The summed E-state index contributed by atoms with van der Waals surface area (Å²) in [4.78, 5) is 14.3. The monoisotopic (exact) mass is 311 g/mol. The van der Waals surface area contributed by atoms with E-state index >= 15 is 0 Å². The molecule has 114 valence electrons. The highest BCUT2D eigenvalue weighted by molar-refractivity contribution is 7.98. The Balaban J connectivity index is 2.13. The molecule has 0 radical (unpaired) electrons. The van der Waals surface area contributed by atoms with Crippen molar-refractivity contribution in [3.05, 3.63) is 71.8 Å². The summed E-state index contributed by atoms with van der Waals surface area (Å²) >= 11 is 1.74. The Bertz CT molecular complexity index is 620. The summed E-state index contributed by atoms with van der Waals surface area (Å²) in [6.07, 6.45) is 5.57. The van der Waals surface area contributed by atoms with E-state index in [2.05, 4.69) is 13.2 Å². The van der Waals surface area contributed by atoms with Gasteiger partial charge >= 0.3 is 0 Å². The van der Waals surface area contributed by atoms with Crippen LogP contribution in [0, 0.1) is 6.92 Å². The van der Waals surface area contributed by atoms with Crippen molar-refractivity contribution in [1.29, 1.82) is 0 Å². The lowest BCUT2D eigenvalue weighted by Crippen LogP contribution is -2.31. The number of carbonyl (C=O) groups is 1. The Morgan fingerprint density at radius 2 is 1.77 bits per heavy atom. The standard InChI is InChI=1S/C19H21NOS/c1-16-8-10-17(11-9-16)12-13-19(21)20(14-15-22-2)18-6-4-3-5-7-18/h3-13H,14-15H2,1-2H3/b13-12+. The molecule has 0 aromatic heterocycles. The van der Waals surface area contributed by atoms with Crippen molar-refractivity contribution in [1.82, 2.24) is 0 Å². The van der Waals surface area contributed by atoms with Crippen molar-refractivity contribution in [2.45, 2.75) is 6.92 Å². The third-order valence-electron chi connectivity index (χ3n) is 3.35. The molecular weight excluding hydrogens is 290 g/mol. The van der Waals surface area contributed by atoms with Gasteiger partial charge in [-0.05, 0) is 37.0 Å². The van der Waals surface area contributed by atoms with Crippen molar-refractivity contribution in [2.75, 3.05) is 23.5 Å². The third kappa shape index (κ3) is 4.78. The molecule has 0 saturated carbocycles. The van der Waals surface area contributed by atoms with Crippen LogP contribution < -0.4 is 4.90 Å². The topological polar surface area (TPSA) is 20.3 Å². The molecule has 0 aliphatic heterocycles. The average Bonchev–Trinajstić information content (AvgIpc) is 2.55. The summed E-state index contributed by atoms with van der Waals surface area (Å²) in [7, 11) is 0. The van der Waals surface area contributed by atoms with Crippen LogP contribution in [0.15, 0.2) is 60.7 Å². The Morgan fingerprint density at radius 1 is 1.09 bits per heavy atom. The second-order valence-corrected chi connectivity index (χ2v) is 6.05. The number of rotatable bonds is 6. The van der Waals surface area contributed by atoms with Gasteiger partial charge in [-0.2, -0.15) is 11.8 Å². The van der Waals surface area contributed by atoms with Crippen LogP contribution in [-0.2, 0) is 4.79 Å². The molecule has 0 heterocycles. The fourth-order valence-corrected chi connectivity index (χ4v) is 2.46. The first-order chi connectivity index (χ1) is 10.7. The summed E-state index contributed by atoms with van der Waals surface area (Å²) in [5, 5.41) is 0. The number of hydrogen-bond acceptors (Lipinski definition) is 2. The average molecular weight is 311 g/mol. The van der Waals surface area contributed by atoms with Gasteiger partial charge in [-0.15, -0.1) is 0 Å². The highest BCUT2D eigenvalue weighted by Gasteiger charge is 2.12. The highest BCUT2D eigenvalue weighted by Crippen LogP contribution is 2.15. The number of para-hydroxylation sites is 1. The highest BCUT2D eigenvalue weighted by atomic mass is 32.2. The smallest absolute Gasteiger partial charge is 0.251 e. The van der Waals surface area contributed by atoms with E-state index < -0.39 is 0 Å². The minimum absolute atomic E-state index is 0.0147. The second kappa shape index (κ2) is 8.44. The van der Waals surface area contributed by atoms with Gasteiger partial charge in [0, 0.05) is 24.1 Å². The van der Waals surface area contributed by atoms with Crippen LogP contribution in [0.4, 0.5) is 5.69 Å². The van der Waals surface area contributed by atoms with Crippen LogP contribution in [-0.4, -0.2) is 24.5 Å². The molecule has 0 unspecified atom stereocenters. The molecule has 0 fully saturated rings. The quantitative estimate of drug-likeness (QED) is 0.737. The summed E-state index contributed by atoms with van der Waals surface area (Å²) in [6, 6.07) is 18.0. The summed E-state index contributed by atoms with van der Waals surface area (Å²) in [5.41, 5.74) is 3.20. The van der Waals surface area contributed by atoms with Gasteiger partial charge in [-0.25, -0.2) is 0 Å². The molecule has 0 bridgehead atoms. The summed E-state index contributed by atoms with van der Waals surface area (Å²) < 4.78 is 0. The van der Waals surface area contributed by atoms with Gasteiger partial charge in [0.15, 0.2) is 0 Å². The Morgan fingerprint density at radius 3 is 2.41 bits per heavy atom. The van der Waals surface area contributed by atoms with Crippen LogP contribution in [0.1, 0.15) is 11.1 Å². The number of aryl methyl sites for hydroxylation is 1. The van der Waals surface area contributed by atoms with Gasteiger partial charge < -0.3 is 4.90 Å². The number of benzene rings is 2. The lowest BCUT2D eigenvalue weighted by atomic mass is 10.1. The first kappa shape index (κ1) is 16.4. The lowest BCUT2D eigenvalue weighted by Gasteiger charge is -2.21. The zero-order valence-electron chi connectivity index (χ0n) is 13.0. The van der Waals surface area contributed by atoms with Gasteiger partial charge in [0.05, 0.1) is 0 Å². The molecule has 0 aliphatic carbocycles. The maximum atomic E-state index is 12.5. The van der Waals surface area contributed by atoms with Gasteiger partial charge in [0.25, 0.3) is 5.91 Å². The SMILES string of the molecule is CSCCN(C(=O)/C=C/c1ccc(C)cc1)c1ccccc1. The van der Waals surface area contributed by atoms with Crippen LogP contribution in [0.5, 0.6) is 0 Å². The van der Waals surface area contributed by atoms with Crippen LogP contribution in [0.25, 0.3) is 6.08 Å². The summed E-state index contributed by atoms with van der Waals surface area (Å²) in [5.74, 6) is 0.930. The predicted molar refractivity (Wildman–Crippen MR) is 97.4 cm³/mol. The van der Waals surface area contributed by atoms with Gasteiger partial charge in [-0.1, -0.05) is 48.0 Å². The van der Waals surface area contributed by atoms with Crippen molar-refractivity contribution < 1.29 is 4.79 Å². The van der Waals surface area contributed by atoms with Crippen LogP contribution in [0.3, 0.4) is 0 Å². The molecule has 0 spiro atoms. The van der Waals surface area contributed by atoms with Gasteiger partial charge in [-0.3, -0.25) is 4.79 Å². The molecule has 2 nitrogen and oxygen atoms in total. The fraction of sp³-hybridized carbons (Fsp3) is 0.211. The summed E-state index contributed by atoms with van der Waals surface area (Å²) in [6.45, 7) is 2.76.